The Hall–Kier alpha value is -0.570. The molecule has 1 saturated heterocycles. The lowest BCUT2D eigenvalue weighted by molar-refractivity contribution is -0.149. The Bertz CT molecular complexity index is 391. The van der Waals surface area contributed by atoms with Crippen LogP contribution in [0.5, 0.6) is 0 Å². The number of nitrogens with zero attached hydrogens (tertiary/aromatic N) is 3. The van der Waals surface area contributed by atoms with Crippen LogP contribution in [0, 0.1) is 5.92 Å². The Labute approximate surface area is 164 Å². The van der Waals surface area contributed by atoms with Gasteiger partial charge < -0.3 is 15.0 Å². The number of nitrogens with one attached hydrogen (secondary N) is 1. The smallest absolute Gasteiger partial charge is 0.310 e. The van der Waals surface area contributed by atoms with Crippen molar-refractivity contribution < 1.29 is 9.53 Å². The van der Waals surface area contributed by atoms with Crippen molar-refractivity contribution in [3.8, 4) is 0 Å². The van der Waals surface area contributed by atoms with Crippen LogP contribution in [0.15, 0.2) is 4.99 Å². The van der Waals surface area contributed by atoms with Crippen LogP contribution in [0.3, 0.4) is 0 Å². The number of likely N-dealkylation sites (tertiary alicyclic amines) is 1. The van der Waals surface area contributed by atoms with E-state index in [0.29, 0.717) is 19.2 Å². The maximum Gasteiger partial charge on any atom is 0.310 e. The number of halogens is 1. The summed E-state index contributed by atoms with van der Waals surface area (Å²) in [6.07, 6.45) is 1.90. The summed E-state index contributed by atoms with van der Waals surface area (Å²) < 4.78 is 5.16. The summed E-state index contributed by atoms with van der Waals surface area (Å²) in [6.45, 7) is 13.5. The maximum atomic E-state index is 12.0. The van der Waals surface area contributed by atoms with Gasteiger partial charge in [-0.15, -0.1) is 24.0 Å². The summed E-state index contributed by atoms with van der Waals surface area (Å²) >= 11 is 0. The number of esters is 1. The zero-order valence-corrected chi connectivity index (χ0v) is 18.2. The number of rotatable bonds is 7. The SMILES string of the molecule is CCOC(=O)[C@@H]1CCCN(C(=NC)NCCN(CC)C(C)C)C1.I. The molecule has 1 N–H and O–H groups in total. The molecular weight excluding hydrogens is 419 g/mol. The quantitative estimate of drug-likeness (QED) is 0.277. The fraction of sp³-hybridized carbons (Fsp3) is 0.882. The monoisotopic (exact) mass is 454 g/mol. The first-order valence-corrected chi connectivity index (χ1v) is 8.89. The Balaban J connectivity index is 0.00000529. The van der Waals surface area contributed by atoms with Gasteiger partial charge in [0.05, 0.1) is 12.5 Å². The largest absolute Gasteiger partial charge is 0.466 e. The standard InChI is InChI=1S/C17H34N4O2.HI/c1-6-20(14(3)4)12-10-19-17(18-5)21-11-8-9-15(13-21)16(22)23-7-2;/h14-15H,6-13H2,1-5H3,(H,18,19);1H/t15-;/m1./s1. The minimum atomic E-state index is -0.0791. The third kappa shape index (κ3) is 7.55. The summed E-state index contributed by atoms with van der Waals surface area (Å²) in [6, 6.07) is 0.548. The average molecular weight is 454 g/mol. The van der Waals surface area contributed by atoms with E-state index in [9.17, 15) is 4.79 Å². The van der Waals surface area contributed by atoms with Gasteiger partial charge in [0.25, 0.3) is 0 Å². The lowest BCUT2D eigenvalue weighted by Gasteiger charge is -2.34. The molecule has 24 heavy (non-hydrogen) atoms. The Kier molecular flexibility index (Phi) is 12.4. The fourth-order valence-corrected chi connectivity index (χ4v) is 3.05. The van der Waals surface area contributed by atoms with E-state index in [1.165, 1.54) is 0 Å². The molecule has 0 aliphatic carbocycles. The van der Waals surface area contributed by atoms with Crippen molar-refractivity contribution in [2.45, 2.75) is 46.6 Å². The number of hydrogen-bond acceptors (Lipinski definition) is 4. The topological polar surface area (TPSA) is 57.2 Å². The van der Waals surface area contributed by atoms with Crippen LogP contribution in [0.2, 0.25) is 0 Å². The zero-order chi connectivity index (χ0) is 17.2. The van der Waals surface area contributed by atoms with Crippen molar-refractivity contribution in [3.05, 3.63) is 0 Å². The third-order valence-electron chi connectivity index (χ3n) is 4.37. The Morgan fingerprint density at radius 2 is 2.12 bits per heavy atom. The first-order chi connectivity index (χ1) is 11.0. The Morgan fingerprint density at radius 1 is 1.42 bits per heavy atom. The highest BCUT2D eigenvalue weighted by atomic mass is 127. The number of aliphatic imine (C=N–C) groups is 1. The molecular formula is C17H35IN4O2. The number of ether oxygens (including phenoxy) is 1. The second-order valence-corrected chi connectivity index (χ2v) is 6.23. The molecule has 0 amide bonds. The molecule has 0 unspecified atom stereocenters. The average Bonchev–Trinajstić information content (AvgIpc) is 2.55. The number of carbonyl (C=O) groups is 1. The van der Waals surface area contributed by atoms with Gasteiger partial charge in [-0.3, -0.25) is 14.7 Å². The lowest BCUT2D eigenvalue weighted by Crippen LogP contribution is -2.49. The van der Waals surface area contributed by atoms with Gasteiger partial charge in [0.15, 0.2) is 5.96 Å². The predicted octanol–water partition coefficient (Wildman–Crippen LogP) is 2.19. The molecule has 0 aromatic carbocycles. The number of likely N-dealkylation sites (N-methyl/N-ethyl adjacent to an activating group) is 1. The van der Waals surface area contributed by atoms with Gasteiger partial charge in [-0.1, -0.05) is 6.92 Å². The number of carbonyl (C=O) groups excluding carboxylic acids is 1. The van der Waals surface area contributed by atoms with E-state index in [1.807, 2.05) is 6.92 Å². The highest BCUT2D eigenvalue weighted by Crippen LogP contribution is 2.18. The van der Waals surface area contributed by atoms with E-state index in [1.54, 1.807) is 7.05 Å². The van der Waals surface area contributed by atoms with E-state index in [4.69, 9.17) is 4.74 Å². The Morgan fingerprint density at radius 3 is 2.67 bits per heavy atom. The van der Waals surface area contributed by atoms with Crippen LogP contribution in [-0.4, -0.2) is 74.1 Å². The predicted molar refractivity (Wildman–Crippen MR) is 110 cm³/mol. The molecule has 1 fully saturated rings. The molecule has 1 rings (SSSR count). The summed E-state index contributed by atoms with van der Waals surface area (Å²) in [5.41, 5.74) is 0. The molecule has 1 aliphatic heterocycles. The van der Waals surface area contributed by atoms with E-state index >= 15 is 0 Å². The number of guanidine groups is 1. The molecule has 0 aromatic rings. The van der Waals surface area contributed by atoms with Gasteiger partial charge in [-0.2, -0.15) is 0 Å². The van der Waals surface area contributed by atoms with Crippen molar-refractivity contribution in [2.75, 3.05) is 46.4 Å². The summed E-state index contributed by atoms with van der Waals surface area (Å²) in [7, 11) is 1.80. The maximum absolute atomic E-state index is 12.0. The van der Waals surface area contributed by atoms with Crippen molar-refractivity contribution in [1.29, 1.82) is 0 Å². The highest BCUT2D eigenvalue weighted by Gasteiger charge is 2.28. The van der Waals surface area contributed by atoms with Gasteiger partial charge in [0.2, 0.25) is 0 Å². The zero-order valence-electron chi connectivity index (χ0n) is 15.9. The molecule has 6 nitrogen and oxygen atoms in total. The van der Waals surface area contributed by atoms with E-state index in [2.05, 4.69) is 40.9 Å². The molecule has 1 atom stereocenters. The van der Waals surface area contributed by atoms with Crippen LogP contribution in [0.4, 0.5) is 0 Å². The van der Waals surface area contributed by atoms with Gasteiger partial charge in [0.1, 0.15) is 0 Å². The third-order valence-corrected chi connectivity index (χ3v) is 4.37. The van der Waals surface area contributed by atoms with Crippen LogP contribution < -0.4 is 5.32 Å². The van der Waals surface area contributed by atoms with Gasteiger partial charge in [-0.25, -0.2) is 0 Å². The summed E-state index contributed by atoms with van der Waals surface area (Å²) in [4.78, 5) is 20.9. The number of piperidine rings is 1. The number of hydrogen-bond donors (Lipinski definition) is 1. The molecule has 7 heteroatoms. The molecule has 0 saturated carbocycles. The first kappa shape index (κ1) is 23.4. The minimum Gasteiger partial charge on any atom is -0.466 e. The molecule has 0 aromatic heterocycles. The van der Waals surface area contributed by atoms with Crippen LogP contribution >= 0.6 is 24.0 Å². The van der Waals surface area contributed by atoms with Gasteiger partial charge in [-0.05, 0) is 40.2 Å². The molecule has 0 spiro atoms. The normalized spacial score (nSPS) is 18.5. The second-order valence-electron chi connectivity index (χ2n) is 6.23. The summed E-state index contributed by atoms with van der Waals surface area (Å²) in [5.74, 6) is 0.772. The van der Waals surface area contributed by atoms with Crippen LogP contribution in [-0.2, 0) is 9.53 Å². The van der Waals surface area contributed by atoms with E-state index in [0.717, 1.165) is 45.0 Å². The summed E-state index contributed by atoms with van der Waals surface area (Å²) in [5, 5.41) is 3.43. The van der Waals surface area contributed by atoms with Gasteiger partial charge >= 0.3 is 5.97 Å². The highest BCUT2D eigenvalue weighted by molar-refractivity contribution is 14.0. The minimum absolute atomic E-state index is 0. The second kappa shape index (κ2) is 12.7. The molecule has 142 valence electrons. The van der Waals surface area contributed by atoms with Crippen molar-refractivity contribution in [3.63, 3.8) is 0 Å². The van der Waals surface area contributed by atoms with E-state index < -0.39 is 0 Å². The van der Waals surface area contributed by atoms with Crippen molar-refractivity contribution >= 4 is 35.9 Å². The fourth-order valence-electron chi connectivity index (χ4n) is 3.05. The van der Waals surface area contributed by atoms with Crippen LogP contribution in [0.25, 0.3) is 0 Å². The van der Waals surface area contributed by atoms with Crippen molar-refractivity contribution in [1.82, 2.24) is 15.1 Å². The lowest BCUT2D eigenvalue weighted by atomic mass is 9.98. The van der Waals surface area contributed by atoms with E-state index in [-0.39, 0.29) is 35.9 Å². The molecule has 0 radical (unpaired) electrons. The molecule has 0 bridgehead atoms. The van der Waals surface area contributed by atoms with Crippen molar-refractivity contribution in [2.24, 2.45) is 10.9 Å². The van der Waals surface area contributed by atoms with Crippen LogP contribution in [0.1, 0.15) is 40.5 Å². The molecule has 1 aliphatic rings. The first-order valence-electron chi connectivity index (χ1n) is 8.89. The van der Waals surface area contributed by atoms with Gasteiger partial charge in [0, 0.05) is 39.3 Å². The molecule has 1 heterocycles.